The lowest BCUT2D eigenvalue weighted by atomic mass is 10.1. The number of carbonyl (C=O) groups is 2. The fraction of sp³-hybridized carbons (Fsp3) is 0.263. The van der Waals surface area contributed by atoms with Crippen molar-refractivity contribution in [3.05, 3.63) is 65.5 Å². The van der Waals surface area contributed by atoms with Gasteiger partial charge in [-0.1, -0.05) is 18.2 Å². The molecule has 0 bridgehead atoms. The maximum Gasteiger partial charge on any atom is 0.227 e. The minimum atomic E-state index is -1.23. The van der Waals surface area contributed by atoms with Crippen molar-refractivity contribution in [1.82, 2.24) is 5.32 Å². The number of rotatable bonds is 5. The number of nitrogens with one attached hydrogen (secondary N) is 1. The maximum absolute atomic E-state index is 13.9. The average molecular weight is 378 g/mol. The Kier molecular flexibility index (Phi) is 5.46. The van der Waals surface area contributed by atoms with Crippen LogP contribution in [0.3, 0.4) is 0 Å². The quantitative estimate of drug-likeness (QED) is 0.839. The molecule has 2 N–H and O–H groups in total. The van der Waals surface area contributed by atoms with Gasteiger partial charge in [-0.25, -0.2) is 13.2 Å². The molecule has 2 unspecified atom stereocenters. The molecule has 2 aromatic carbocycles. The van der Waals surface area contributed by atoms with E-state index in [1.807, 2.05) is 0 Å². The molecule has 0 saturated carbocycles. The zero-order valence-electron chi connectivity index (χ0n) is 14.2. The van der Waals surface area contributed by atoms with E-state index in [-0.39, 0.29) is 36.7 Å². The molecule has 1 fully saturated rings. The summed E-state index contributed by atoms with van der Waals surface area (Å²) in [4.78, 5) is 25.6. The van der Waals surface area contributed by atoms with Crippen LogP contribution in [0.15, 0.2) is 42.5 Å². The highest BCUT2D eigenvalue weighted by Gasteiger charge is 2.36. The first-order chi connectivity index (χ1) is 12.9. The number of anilines is 1. The largest absolute Gasteiger partial charge is 0.387 e. The van der Waals surface area contributed by atoms with E-state index >= 15 is 0 Å². The number of benzene rings is 2. The molecule has 0 aromatic heterocycles. The van der Waals surface area contributed by atoms with Crippen LogP contribution in [-0.2, 0) is 9.59 Å². The molecule has 2 aromatic rings. The van der Waals surface area contributed by atoms with Crippen LogP contribution < -0.4 is 10.2 Å². The molecular formula is C19H17F3N2O3. The van der Waals surface area contributed by atoms with E-state index in [1.165, 1.54) is 29.2 Å². The van der Waals surface area contributed by atoms with Crippen molar-refractivity contribution in [2.45, 2.75) is 12.5 Å². The van der Waals surface area contributed by atoms with Gasteiger partial charge >= 0.3 is 0 Å². The summed E-state index contributed by atoms with van der Waals surface area (Å²) in [5.41, 5.74) is 0.226. The number of carbonyl (C=O) groups excluding carboxylic acids is 2. The summed E-state index contributed by atoms with van der Waals surface area (Å²) in [6.45, 7) is -0.207. The third kappa shape index (κ3) is 4.11. The van der Waals surface area contributed by atoms with Gasteiger partial charge in [-0.05, 0) is 29.8 Å². The second-order valence-electron chi connectivity index (χ2n) is 6.29. The van der Waals surface area contributed by atoms with Crippen LogP contribution in [0.4, 0.5) is 18.9 Å². The van der Waals surface area contributed by atoms with Crippen molar-refractivity contribution < 1.29 is 27.9 Å². The molecule has 1 saturated heterocycles. The van der Waals surface area contributed by atoms with Crippen molar-refractivity contribution in [1.29, 1.82) is 0 Å². The Morgan fingerprint density at radius 3 is 2.59 bits per heavy atom. The second-order valence-corrected chi connectivity index (χ2v) is 6.29. The van der Waals surface area contributed by atoms with E-state index in [2.05, 4.69) is 5.32 Å². The Morgan fingerprint density at radius 2 is 1.89 bits per heavy atom. The van der Waals surface area contributed by atoms with Crippen molar-refractivity contribution in [3.63, 3.8) is 0 Å². The molecule has 142 valence electrons. The average Bonchev–Trinajstić information content (AvgIpc) is 3.03. The highest BCUT2D eigenvalue weighted by Crippen LogP contribution is 2.27. The molecule has 1 aliphatic heterocycles. The lowest BCUT2D eigenvalue weighted by Crippen LogP contribution is -2.35. The standard InChI is InChI=1S/C19H17F3N2O3/c20-13-6-5-11(7-15(13)22)17(25)9-23-19(27)12-8-18(26)24(10-12)16-4-2-1-3-14(16)21/h1-7,12,17,25H,8-10H2,(H,23,27). The van der Waals surface area contributed by atoms with Gasteiger partial charge in [0, 0.05) is 19.5 Å². The van der Waals surface area contributed by atoms with Crippen LogP contribution >= 0.6 is 0 Å². The summed E-state index contributed by atoms with van der Waals surface area (Å²) in [6.07, 6.45) is -1.31. The van der Waals surface area contributed by atoms with Gasteiger partial charge < -0.3 is 15.3 Å². The number of para-hydroxylation sites is 1. The lowest BCUT2D eigenvalue weighted by molar-refractivity contribution is -0.126. The van der Waals surface area contributed by atoms with Crippen LogP contribution in [0.5, 0.6) is 0 Å². The molecule has 0 spiro atoms. The van der Waals surface area contributed by atoms with Crippen LogP contribution in [0.25, 0.3) is 0 Å². The van der Waals surface area contributed by atoms with Gasteiger partial charge in [0.15, 0.2) is 11.6 Å². The predicted octanol–water partition coefficient (Wildman–Crippen LogP) is 2.31. The molecule has 27 heavy (non-hydrogen) atoms. The van der Waals surface area contributed by atoms with Gasteiger partial charge in [0.1, 0.15) is 5.82 Å². The highest BCUT2D eigenvalue weighted by molar-refractivity contribution is 6.00. The van der Waals surface area contributed by atoms with Gasteiger partial charge in [-0.15, -0.1) is 0 Å². The Labute approximate surface area is 153 Å². The molecule has 0 aliphatic carbocycles. The smallest absolute Gasteiger partial charge is 0.227 e. The Bertz CT molecular complexity index is 875. The van der Waals surface area contributed by atoms with Crippen LogP contribution in [0.1, 0.15) is 18.1 Å². The second kappa shape index (κ2) is 7.79. The minimum absolute atomic E-state index is 0.0207. The number of nitrogens with zero attached hydrogens (tertiary/aromatic N) is 1. The first-order valence-electron chi connectivity index (χ1n) is 8.32. The SMILES string of the molecule is O=C(NCC(O)c1ccc(F)c(F)c1)C1CC(=O)N(c2ccccc2F)C1. The third-order valence-electron chi connectivity index (χ3n) is 4.44. The molecule has 1 heterocycles. The molecular weight excluding hydrogens is 361 g/mol. The Balaban J connectivity index is 1.59. The number of halogens is 3. The minimum Gasteiger partial charge on any atom is -0.387 e. The van der Waals surface area contributed by atoms with E-state index in [4.69, 9.17) is 0 Å². The summed E-state index contributed by atoms with van der Waals surface area (Å²) in [6, 6.07) is 8.74. The van der Waals surface area contributed by atoms with Gasteiger partial charge in [0.2, 0.25) is 11.8 Å². The van der Waals surface area contributed by atoms with Gasteiger partial charge in [0.05, 0.1) is 17.7 Å². The maximum atomic E-state index is 13.9. The zero-order chi connectivity index (χ0) is 19.6. The molecule has 2 atom stereocenters. The monoisotopic (exact) mass is 378 g/mol. The summed E-state index contributed by atoms with van der Waals surface area (Å²) >= 11 is 0. The molecule has 8 heteroatoms. The highest BCUT2D eigenvalue weighted by atomic mass is 19.2. The van der Waals surface area contributed by atoms with Crippen LogP contribution in [0.2, 0.25) is 0 Å². The van der Waals surface area contributed by atoms with Crippen molar-refractivity contribution in [3.8, 4) is 0 Å². The lowest BCUT2D eigenvalue weighted by Gasteiger charge is -2.18. The summed E-state index contributed by atoms with van der Waals surface area (Å²) in [5.74, 6) is -4.24. The normalized spacial score (nSPS) is 17.9. The summed E-state index contributed by atoms with van der Waals surface area (Å²) in [5, 5.41) is 12.5. The van der Waals surface area contributed by atoms with Gasteiger partial charge in [0.25, 0.3) is 0 Å². The summed E-state index contributed by atoms with van der Waals surface area (Å²) < 4.78 is 40.0. The first kappa shape index (κ1) is 18.9. The predicted molar refractivity (Wildman–Crippen MR) is 91.2 cm³/mol. The fourth-order valence-electron chi connectivity index (χ4n) is 2.97. The van der Waals surface area contributed by atoms with E-state index < -0.39 is 35.4 Å². The fourth-order valence-corrected chi connectivity index (χ4v) is 2.97. The number of hydrogen-bond donors (Lipinski definition) is 2. The van der Waals surface area contributed by atoms with E-state index in [0.29, 0.717) is 0 Å². The van der Waals surface area contributed by atoms with Crippen molar-refractivity contribution in [2.24, 2.45) is 5.92 Å². The number of amides is 2. The van der Waals surface area contributed by atoms with Crippen LogP contribution in [0, 0.1) is 23.4 Å². The van der Waals surface area contributed by atoms with Gasteiger partial charge in [-0.3, -0.25) is 9.59 Å². The number of hydrogen-bond acceptors (Lipinski definition) is 3. The van der Waals surface area contributed by atoms with Crippen LogP contribution in [-0.4, -0.2) is 30.0 Å². The molecule has 0 radical (unpaired) electrons. The molecule has 1 aliphatic rings. The Hall–Kier alpha value is -2.87. The van der Waals surface area contributed by atoms with Gasteiger partial charge in [-0.2, -0.15) is 0 Å². The van der Waals surface area contributed by atoms with Crippen molar-refractivity contribution >= 4 is 17.5 Å². The molecule has 2 amide bonds. The summed E-state index contributed by atoms with van der Waals surface area (Å²) in [7, 11) is 0. The van der Waals surface area contributed by atoms with E-state index in [0.717, 1.165) is 12.1 Å². The number of aliphatic hydroxyl groups is 1. The third-order valence-corrected chi connectivity index (χ3v) is 4.44. The first-order valence-corrected chi connectivity index (χ1v) is 8.32. The van der Waals surface area contributed by atoms with Crippen molar-refractivity contribution in [2.75, 3.05) is 18.0 Å². The van der Waals surface area contributed by atoms with E-state index in [9.17, 15) is 27.9 Å². The topological polar surface area (TPSA) is 69.6 Å². The zero-order valence-corrected chi connectivity index (χ0v) is 14.2. The molecule has 5 nitrogen and oxygen atoms in total. The van der Waals surface area contributed by atoms with E-state index in [1.54, 1.807) is 6.07 Å². The molecule has 3 rings (SSSR count). The number of aliphatic hydroxyl groups excluding tert-OH is 1. The Morgan fingerprint density at radius 1 is 1.15 bits per heavy atom.